The summed E-state index contributed by atoms with van der Waals surface area (Å²) in [6.45, 7) is 11.5. The molecule has 2 heterocycles. The Morgan fingerprint density at radius 1 is 1.31 bits per heavy atom. The van der Waals surface area contributed by atoms with Crippen LogP contribution in [-0.2, 0) is 6.54 Å². The van der Waals surface area contributed by atoms with Crippen LogP contribution in [0, 0.1) is 12.7 Å². The zero-order chi connectivity index (χ0) is 20.6. The second kappa shape index (κ2) is 10.2. The molecule has 7 nitrogen and oxygen atoms in total. The van der Waals surface area contributed by atoms with Crippen molar-refractivity contribution in [3.63, 3.8) is 0 Å². The number of nitrogens with zero attached hydrogens (tertiary/aromatic N) is 4. The predicted molar refractivity (Wildman–Crippen MR) is 111 cm³/mol. The lowest BCUT2D eigenvalue weighted by atomic mass is 10.3. The number of guanidine groups is 1. The normalized spacial score (nSPS) is 16.7. The molecule has 0 spiro atoms. The van der Waals surface area contributed by atoms with Crippen LogP contribution in [0.4, 0.5) is 4.39 Å². The van der Waals surface area contributed by atoms with E-state index < -0.39 is 0 Å². The molecule has 158 valence electrons. The van der Waals surface area contributed by atoms with Gasteiger partial charge in [-0.1, -0.05) is 17.3 Å². The molecule has 29 heavy (non-hydrogen) atoms. The molecular formula is C21H30FN5O2. The molecule has 1 aliphatic heterocycles. The molecule has 1 aromatic carbocycles. The van der Waals surface area contributed by atoms with Gasteiger partial charge in [0.15, 0.2) is 17.5 Å². The summed E-state index contributed by atoms with van der Waals surface area (Å²) in [6.07, 6.45) is -0.225. The van der Waals surface area contributed by atoms with Gasteiger partial charge in [0, 0.05) is 45.3 Å². The predicted octanol–water partition coefficient (Wildman–Crippen LogP) is 2.67. The highest BCUT2D eigenvalue weighted by Crippen LogP contribution is 2.17. The van der Waals surface area contributed by atoms with Gasteiger partial charge < -0.3 is 19.5 Å². The molecule has 1 aromatic heterocycles. The Kier molecular flexibility index (Phi) is 7.46. The smallest absolute Gasteiger partial charge is 0.194 e. The zero-order valence-electron chi connectivity index (χ0n) is 17.4. The van der Waals surface area contributed by atoms with E-state index in [1.165, 1.54) is 6.07 Å². The third kappa shape index (κ3) is 6.19. The molecule has 1 unspecified atom stereocenters. The largest absolute Gasteiger partial charge is 0.486 e. The van der Waals surface area contributed by atoms with Crippen LogP contribution >= 0.6 is 0 Å². The molecule has 1 saturated heterocycles. The van der Waals surface area contributed by atoms with Gasteiger partial charge in [0.1, 0.15) is 11.9 Å². The quantitative estimate of drug-likeness (QED) is 0.566. The molecular weight excluding hydrogens is 373 g/mol. The molecule has 8 heteroatoms. The summed E-state index contributed by atoms with van der Waals surface area (Å²) in [7, 11) is 0. The highest BCUT2D eigenvalue weighted by atomic mass is 19.1. The summed E-state index contributed by atoms with van der Waals surface area (Å²) in [5.41, 5.74) is 0.968. The number of benzene rings is 1. The molecule has 1 N–H and O–H groups in total. The number of aliphatic imine (C=N–C) groups is 1. The second-order valence-electron chi connectivity index (χ2n) is 7.25. The average molecular weight is 404 g/mol. The van der Waals surface area contributed by atoms with Crippen molar-refractivity contribution in [3.8, 4) is 5.75 Å². The van der Waals surface area contributed by atoms with Crippen molar-refractivity contribution < 1.29 is 13.7 Å². The molecule has 1 aliphatic rings. The van der Waals surface area contributed by atoms with Crippen LogP contribution in [0.5, 0.6) is 5.75 Å². The molecule has 0 saturated carbocycles. The number of aryl methyl sites for hydroxylation is 1. The monoisotopic (exact) mass is 403 g/mol. The fraction of sp³-hybridized carbons (Fsp3) is 0.524. The highest BCUT2D eigenvalue weighted by Gasteiger charge is 2.21. The van der Waals surface area contributed by atoms with Crippen LogP contribution in [0.25, 0.3) is 0 Å². The fourth-order valence-electron chi connectivity index (χ4n) is 3.27. The van der Waals surface area contributed by atoms with Crippen molar-refractivity contribution >= 4 is 5.96 Å². The Morgan fingerprint density at radius 2 is 2.07 bits per heavy atom. The lowest BCUT2D eigenvalue weighted by molar-refractivity contribution is 0.168. The molecule has 0 bridgehead atoms. The number of aromatic nitrogens is 1. The number of hydrogen-bond donors (Lipinski definition) is 1. The minimum absolute atomic E-state index is 0.225. The van der Waals surface area contributed by atoms with E-state index in [1.54, 1.807) is 18.2 Å². The van der Waals surface area contributed by atoms with Gasteiger partial charge in [0.2, 0.25) is 0 Å². The van der Waals surface area contributed by atoms with Crippen molar-refractivity contribution in [1.29, 1.82) is 0 Å². The number of nitrogens with one attached hydrogen (secondary N) is 1. The number of hydrogen-bond acceptors (Lipinski definition) is 5. The SMILES string of the molecule is CCNC(=NCC(C)Oc1ccccc1F)N1CCN(Cc2cc(C)on2)CC1. The van der Waals surface area contributed by atoms with Crippen LogP contribution in [0.1, 0.15) is 25.3 Å². The second-order valence-corrected chi connectivity index (χ2v) is 7.25. The lowest BCUT2D eigenvalue weighted by Gasteiger charge is -2.36. The Labute approximate surface area is 171 Å². The molecule has 3 rings (SSSR count). The van der Waals surface area contributed by atoms with Gasteiger partial charge in [-0.2, -0.15) is 0 Å². The van der Waals surface area contributed by atoms with Gasteiger partial charge in [-0.25, -0.2) is 9.38 Å². The first-order chi connectivity index (χ1) is 14.0. The van der Waals surface area contributed by atoms with Crippen molar-refractivity contribution in [2.24, 2.45) is 4.99 Å². The van der Waals surface area contributed by atoms with Crippen molar-refractivity contribution in [2.45, 2.75) is 33.4 Å². The van der Waals surface area contributed by atoms with Gasteiger partial charge in [-0.3, -0.25) is 4.90 Å². The zero-order valence-corrected chi connectivity index (χ0v) is 17.4. The Hall–Kier alpha value is -2.61. The third-order valence-corrected chi connectivity index (χ3v) is 4.73. The maximum atomic E-state index is 13.8. The molecule has 1 fully saturated rings. The van der Waals surface area contributed by atoms with E-state index in [0.29, 0.717) is 6.54 Å². The van der Waals surface area contributed by atoms with E-state index in [9.17, 15) is 4.39 Å². The van der Waals surface area contributed by atoms with Gasteiger partial charge in [-0.15, -0.1) is 0 Å². The fourth-order valence-corrected chi connectivity index (χ4v) is 3.27. The first-order valence-electron chi connectivity index (χ1n) is 10.1. The van der Waals surface area contributed by atoms with E-state index in [1.807, 2.05) is 19.9 Å². The van der Waals surface area contributed by atoms with E-state index in [4.69, 9.17) is 14.3 Å². The Balaban J connectivity index is 1.51. The van der Waals surface area contributed by atoms with E-state index in [0.717, 1.165) is 56.7 Å². The van der Waals surface area contributed by atoms with Crippen LogP contribution in [0.15, 0.2) is 39.8 Å². The number of piperazine rings is 1. The van der Waals surface area contributed by atoms with E-state index in [-0.39, 0.29) is 17.7 Å². The number of ether oxygens (including phenoxy) is 1. The highest BCUT2D eigenvalue weighted by molar-refractivity contribution is 5.80. The number of halogens is 1. The third-order valence-electron chi connectivity index (χ3n) is 4.73. The summed E-state index contributed by atoms with van der Waals surface area (Å²) in [5, 5.41) is 7.43. The maximum absolute atomic E-state index is 13.8. The standard InChI is InChI=1S/C21H30FN5O2/c1-4-23-21(24-14-17(3)28-20-8-6-5-7-19(20)22)27-11-9-26(10-12-27)15-18-13-16(2)29-25-18/h5-8,13,17H,4,9-12,14-15H2,1-3H3,(H,23,24). The van der Waals surface area contributed by atoms with Crippen molar-refractivity contribution in [1.82, 2.24) is 20.3 Å². The van der Waals surface area contributed by atoms with Crippen LogP contribution < -0.4 is 10.1 Å². The Morgan fingerprint density at radius 3 is 2.72 bits per heavy atom. The van der Waals surface area contributed by atoms with Gasteiger partial charge in [0.25, 0.3) is 0 Å². The average Bonchev–Trinajstić information content (AvgIpc) is 3.12. The van der Waals surface area contributed by atoms with Crippen molar-refractivity contribution in [3.05, 3.63) is 47.6 Å². The van der Waals surface area contributed by atoms with Crippen LogP contribution in [0.2, 0.25) is 0 Å². The minimum atomic E-state index is -0.353. The summed E-state index contributed by atoms with van der Waals surface area (Å²) in [4.78, 5) is 9.33. The van der Waals surface area contributed by atoms with E-state index in [2.05, 4.69) is 27.2 Å². The minimum Gasteiger partial charge on any atom is -0.486 e. The van der Waals surface area contributed by atoms with E-state index >= 15 is 0 Å². The Bertz CT molecular complexity index is 802. The van der Waals surface area contributed by atoms with Gasteiger partial charge >= 0.3 is 0 Å². The van der Waals surface area contributed by atoms with Crippen LogP contribution in [0.3, 0.4) is 0 Å². The van der Waals surface area contributed by atoms with Crippen molar-refractivity contribution in [2.75, 3.05) is 39.3 Å². The summed E-state index contributed by atoms with van der Waals surface area (Å²) < 4.78 is 24.6. The molecule has 0 radical (unpaired) electrons. The first kappa shape index (κ1) is 21.1. The molecule has 0 amide bonds. The number of rotatable bonds is 7. The summed E-state index contributed by atoms with van der Waals surface area (Å²) >= 11 is 0. The molecule has 2 aromatic rings. The number of para-hydroxylation sites is 1. The molecule has 0 aliphatic carbocycles. The topological polar surface area (TPSA) is 66.1 Å². The van der Waals surface area contributed by atoms with Gasteiger partial charge in [-0.05, 0) is 32.9 Å². The first-order valence-corrected chi connectivity index (χ1v) is 10.1. The summed E-state index contributed by atoms with van der Waals surface area (Å²) in [5.74, 6) is 1.62. The van der Waals surface area contributed by atoms with Crippen LogP contribution in [-0.4, -0.2) is 66.3 Å². The summed E-state index contributed by atoms with van der Waals surface area (Å²) in [6, 6.07) is 8.43. The van der Waals surface area contributed by atoms with Gasteiger partial charge in [0.05, 0.1) is 12.2 Å². The molecule has 1 atom stereocenters. The lowest BCUT2D eigenvalue weighted by Crippen LogP contribution is -2.52. The maximum Gasteiger partial charge on any atom is 0.194 e.